The summed E-state index contributed by atoms with van der Waals surface area (Å²) in [7, 11) is 1.53. The highest BCUT2D eigenvalue weighted by molar-refractivity contribution is 6.24. The number of nitrogens with two attached hydrogens (primary N) is 1. The number of aliphatic hydroxyl groups excluding tert-OH is 2. The summed E-state index contributed by atoms with van der Waals surface area (Å²) in [4.78, 5) is 41.5. The molecule has 210 valence electrons. The van der Waals surface area contributed by atoms with E-state index in [4.69, 9.17) is 10.5 Å². The molecule has 1 aromatic carbocycles. The van der Waals surface area contributed by atoms with Crippen molar-refractivity contribution in [3.8, 4) is 11.5 Å². The number of hydrogen-bond acceptors (Lipinski definition) is 10. The Morgan fingerprint density at radius 2 is 1.97 bits per heavy atom. The molecule has 5 rings (SSSR count). The summed E-state index contributed by atoms with van der Waals surface area (Å²) < 4.78 is 5.85. The number of aromatic hydroxyl groups is 1. The molecule has 1 amide bonds. The zero-order valence-electron chi connectivity index (χ0n) is 22.3. The number of phenols is 1. The molecule has 5 atom stereocenters. The summed E-state index contributed by atoms with van der Waals surface area (Å²) in [6.45, 7) is 5.82. The normalized spacial score (nSPS) is 30.8. The van der Waals surface area contributed by atoms with Crippen molar-refractivity contribution in [3.63, 3.8) is 0 Å². The van der Waals surface area contributed by atoms with Gasteiger partial charge in [-0.15, -0.1) is 0 Å². The molecule has 1 heterocycles. The maximum absolute atomic E-state index is 13.9. The van der Waals surface area contributed by atoms with Crippen LogP contribution < -0.4 is 15.8 Å². The third-order valence-electron chi connectivity index (χ3n) is 8.94. The first-order valence-electron chi connectivity index (χ1n) is 13.4. The van der Waals surface area contributed by atoms with Crippen LogP contribution in [0.5, 0.6) is 11.5 Å². The molecule has 1 aliphatic heterocycles. The Bertz CT molecular complexity index is 1330. The first kappa shape index (κ1) is 27.2. The number of ether oxygens (including phenoxy) is 1. The van der Waals surface area contributed by atoms with Gasteiger partial charge in [-0.1, -0.05) is 13.8 Å². The van der Waals surface area contributed by atoms with E-state index in [-0.39, 0.29) is 42.3 Å². The highest BCUT2D eigenvalue weighted by Gasteiger charge is 2.63. The van der Waals surface area contributed by atoms with E-state index < -0.39 is 58.0 Å². The number of nitrogens with zero attached hydrogens (tertiary/aromatic N) is 1. The number of carbonyl (C=O) groups excluding carboxylic acids is 3. The van der Waals surface area contributed by atoms with Crippen LogP contribution in [-0.4, -0.2) is 81.2 Å². The van der Waals surface area contributed by atoms with Gasteiger partial charge in [-0.25, -0.2) is 0 Å². The van der Waals surface area contributed by atoms with Crippen LogP contribution in [0.3, 0.4) is 0 Å². The molecule has 1 unspecified atom stereocenters. The number of carbonyl (C=O) groups is 3. The Morgan fingerprint density at radius 1 is 1.26 bits per heavy atom. The summed E-state index contributed by atoms with van der Waals surface area (Å²) >= 11 is 0. The van der Waals surface area contributed by atoms with Gasteiger partial charge in [-0.2, -0.15) is 0 Å². The van der Waals surface area contributed by atoms with Crippen LogP contribution in [0.1, 0.15) is 55.8 Å². The second kappa shape index (κ2) is 9.65. The first-order chi connectivity index (χ1) is 18.5. The van der Waals surface area contributed by atoms with Gasteiger partial charge in [0.25, 0.3) is 5.91 Å². The molecule has 0 spiro atoms. The largest absolute Gasteiger partial charge is 0.508 e. The third-order valence-corrected chi connectivity index (χ3v) is 8.94. The predicted octanol–water partition coefficient (Wildman–Crippen LogP) is 1.18. The van der Waals surface area contributed by atoms with Crippen molar-refractivity contribution in [2.24, 2.45) is 17.6 Å². The first-order valence-corrected chi connectivity index (χ1v) is 13.4. The number of amides is 1. The number of benzene rings is 1. The second-order valence-electron chi connectivity index (χ2n) is 10.7. The second-order valence-corrected chi connectivity index (χ2v) is 10.7. The number of aliphatic hydroxyl groups is 3. The van der Waals surface area contributed by atoms with Crippen molar-refractivity contribution in [3.05, 3.63) is 39.7 Å². The lowest BCUT2D eigenvalue weighted by Crippen LogP contribution is -2.66. The Morgan fingerprint density at radius 3 is 2.59 bits per heavy atom. The van der Waals surface area contributed by atoms with Gasteiger partial charge in [0.15, 0.2) is 11.4 Å². The lowest BCUT2D eigenvalue weighted by atomic mass is 9.57. The molecular formula is C28H35N3O8. The summed E-state index contributed by atoms with van der Waals surface area (Å²) in [5.74, 6) is -6.21. The molecule has 0 aromatic heterocycles. The Balaban J connectivity index is 1.70. The van der Waals surface area contributed by atoms with E-state index in [1.54, 1.807) is 13.0 Å². The standard InChI is InChI=1S/C28H35N3O8/c1-4-30-21-15-10-12-9-14-19(17(32)11-13(24(14)39-3)16-7-6-8-31(16)5-2)22(33)18(12)25(35)28(15,38)26(36)20(23(21)34)27(29)37/h11-12,15-16,21,30,32-33,36,38H,4-10H2,1-3H3,(H2,29,37)/t12-,15-,16?,21-,28-/m0/s1. The molecule has 1 aromatic rings. The zero-order valence-corrected chi connectivity index (χ0v) is 22.3. The van der Waals surface area contributed by atoms with E-state index in [1.165, 1.54) is 7.11 Å². The van der Waals surface area contributed by atoms with Crippen LogP contribution in [-0.2, 0) is 20.8 Å². The smallest absolute Gasteiger partial charge is 0.255 e. The summed E-state index contributed by atoms with van der Waals surface area (Å²) in [6.07, 6.45) is 2.10. The number of likely N-dealkylation sites (tertiary alicyclic amines) is 1. The molecule has 11 nitrogen and oxygen atoms in total. The van der Waals surface area contributed by atoms with E-state index >= 15 is 0 Å². The van der Waals surface area contributed by atoms with Crippen LogP contribution >= 0.6 is 0 Å². The van der Waals surface area contributed by atoms with Crippen LogP contribution in [0.2, 0.25) is 0 Å². The highest BCUT2D eigenvalue weighted by Crippen LogP contribution is 2.54. The summed E-state index contributed by atoms with van der Waals surface area (Å²) in [6, 6.07) is 0.419. The topological polar surface area (TPSA) is 183 Å². The quantitative estimate of drug-likeness (QED) is 0.286. The predicted molar refractivity (Wildman–Crippen MR) is 140 cm³/mol. The number of likely N-dealkylation sites (N-methyl/N-ethyl adjacent to an activating group) is 1. The van der Waals surface area contributed by atoms with Gasteiger partial charge in [0.1, 0.15) is 28.6 Å². The Kier molecular flexibility index (Phi) is 6.72. The highest BCUT2D eigenvalue weighted by atomic mass is 16.5. The van der Waals surface area contributed by atoms with Crippen LogP contribution in [0.15, 0.2) is 23.0 Å². The number of phenolic OH excluding ortho intramolecular Hbond substituents is 1. The van der Waals surface area contributed by atoms with Crippen molar-refractivity contribution in [1.29, 1.82) is 0 Å². The van der Waals surface area contributed by atoms with Crippen LogP contribution in [0, 0.1) is 11.8 Å². The number of Topliss-reactive ketones (excluding diaryl/α,β-unsaturated/α-hetero) is 2. The Labute approximate surface area is 225 Å². The van der Waals surface area contributed by atoms with E-state index in [2.05, 4.69) is 17.1 Å². The number of fused-ring (bicyclic) bond motifs is 3. The minimum atomic E-state index is -2.66. The van der Waals surface area contributed by atoms with Crippen molar-refractivity contribution < 1.29 is 39.5 Å². The number of nitrogens with one attached hydrogen (secondary N) is 1. The number of primary amides is 1. The van der Waals surface area contributed by atoms with Gasteiger partial charge < -0.3 is 36.2 Å². The molecule has 2 fully saturated rings. The van der Waals surface area contributed by atoms with Crippen molar-refractivity contribution in [1.82, 2.24) is 10.2 Å². The number of ketones is 2. The molecule has 1 saturated heterocycles. The van der Waals surface area contributed by atoms with E-state index in [9.17, 15) is 34.8 Å². The molecular weight excluding hydrogens is 506 g/mol. The van der Waals surface area contributed by atoms with Gasteiger partial charge >= 0.3 is 0 Å². The van der Waals surface area contributed by atoms with Gasteiger partial charge in [0.2, 0.25) is 5.78 Å². The minimum absolute atomic E-state index is 0.0233. The monoisotopic (exact) mass is 541 g/mol. The van der Waals surface area contributed by atoms with Crippen LogP contribution in [0.25, 0.3) is 5.76 Å². The lowest BCUT2D eigenvalue weighted by molar-refractivity contribution is -0.150. The maximum Gasteiger partial charge on any atom is 0.255 e. The number of hydrogen-bond donors (Lipinski definition) is 6. The SMILES string of the molecule is CCN[C@@H]1C(=O)C(C(N)=O)=C(O)[C@@]2(O)C(=O)C3=C(O)c4c(O)cc(C5CCCN5CC)c(OC)c4C[C@H]3C[C@@H]12. The zero-order chi connectivity index (χ0) is 28.4. The lowest BCUT2D eigenvalue weighted by Gasteiger charge is -2.49. The van der Waals surface area contributed by atoms with E-state index in [0.717, 1.165) is 31.5 Å². The van der Waals surface area contributed by atoms with Gasteiger partial charge in [-0.3, -0.25) is 19.3 Å². The van der Waals surface area contributed by atoms with Crippen molar-refractivity contribution in [2.75, 3.05) is 26.7 Å². The fourth-order valence-corrected chi connectivity index (χ4v) is 7.25. The number of rotatable bonds is 6. The fourth-order valence-electron chi connectivity index (χ4n) is 7.25. The fraction of sp³-hybridized carbons (Fsp3) is 0.536. The van der Waals surface area contributed by atoms with Gasteiger partial charge in [0, 0.05) is 28.7 Å². The molecule has 39 heavy (non-hydrogen) atoms. The summed E-state index contributed by atoms with van der Waals surface area (Å²) in [5, 5.41) is 48.1. The van der Waals surface area contributed by atoms with Crippen molar-refractivity contribution in [2.45, 2.75) is 57.2 Å². The summed E-state index contributed by atoms with van der Waals surface area (Å²) in [5.41, 5.74) is 3.05. The van der Waals surface area contributed by atoms with Crippen LogP contribution in [0.4, 0.5) is 0 Å². The number of methoxy groups -OCH3 is 1. The molecule has 0 radical (unpaired) electrons. The van der Waals surface area contributed by atoms with E-state index in [1.807, 2.05) is 0 Å². The molecule has 0 bridgehead atoms. The molecule has 11 heteroatoms. The minimum Gasteiger partial charge on any atom is -0.508 e. The van der Waals surface area contributed by atoms with E-state index in [0.29, 0.717) is 11.3 Å². The molecule has 7 N–H and O–H groups in total. The average Bonchev–Trinajstić information content (AvgIpc) is 3.37. The van der Waals surface area contributed by atoms with Crippen molar-refractivity contribution >= 4 is 23.2 Å². The third kappa shape index (κ3) is 3.70. The molecule has 4 aliphatic rings. The van der Waals surface area contributed by atoms with Gasteiger partial charge in [-0.05, 0) is 57.3 Å². The molecule has 3 aliphatic carbocycles. The molecule has 1 saturated carbocycles. The Hall–Kier alpha value is -3.41. The van der Waals surface area contributed by atoms with Gasteiger partial charge in [0.05, 0.1) is 18.7 Å². The average molecular weight is 542 g/mol. The maximum atomic E-state index is 13.9.